The third-order valence-corrected chi connectivity index (χ3v) is 3.75. The van der Waals surface area contributed by atoms with Crippen molar-refractivity contribution in [2.75, 3.05) is 13.1 Å². The smallest absolute Gasteiger partial charge is 0.387 e. The van der Waals surface area contributed by atoms with Gasteiger partial charge in [-0.05, 0) is 44.0 Å². The van der Waals surface area contributed by atoms with Crippen LogP contribution >= 0.6 is 12.4 Å². The summed E-state index contributed by atoms with van der Waals surface area (Å²) in [4.78, 5) is 12.2. The second-order valence-corrected chi connectivity index (χ2v) is 5.55. The van der Waals surface area contributed by atoms with Gasteiger partial charge in [-0.2, -0.15) is 8.78 Å². The molecule has 0 aliphatic carbocycles. The fourth-order valence-electron chi connectivity index (χ4n) is 2.43. The van der Waals surface area contributed by atoms with E-state index in [1.807, 2.05) is 6.92 Å². The molecule has 124 valence electrons. The molecule has 2 rings (SSSR count). The Morgan fingerprint density at radius 2 is 2.09 bits per heavy atom. The quantitative estimate of drug-likeness (QED) is 0.870. The molecule has 1 amide bonds. The molecule has 0 spiro atoms. The van der Waals surface area contributed by atoms with Crippen molar-refractivity contribution >= 4 is 18.3 Å². The van der Waals surface area contributed by atoms with Crippen molar-refractivity contribution in [3.63, 3.8) is 0 Å². The van der Waals surface area contributed by atoms with Crippen LogP contribution in [0.2, 0.25) is 0 Å². The maximum atomic E-state index is 12.2. The zero-order chi connectivity index (χ0) is 15.3. The third kappa shape index (κ3) is 5.10. The van der Waals surface area contributed by atoms with Crippen molar-refractivity contribution in [3.8, 4) is 5.75 Å². The number of hydrogen-bond donors (Lipinski definition) is 2. The number of nitrogens with one attached hydrogen (secondary N) is 2. The lowest BCUT2D eigenvalue weighted by Gasteiger charge is -2.32. The van der Waals surface area contributed by atoms with Crippen molar-refractivity contribution in [2.45, 2.75) is 32.9 Å². The predicted octanol–water partition coefficient (Wildman–Crippen LogP) is 2.72. The number of carbonyl (C=O) groups is 1. The van der Waals surface area contributed by atoms with E-state index in [0.717, 1.165) is 24.9 Å². The van der Waals surface area contributed by atoms with Crippen LogP contribution < -0.4 is 15.4 Å². The lowest BCUT2D eigenvalue weighted by atomic mass is 9.82. The molecule has 7 heteroatoms. The van der Waals surface area contributed by atoms with Crippen molar-refractivity contribution in [3.05, 3.63) is 29.8 Å². The fraction of sp³-hybridized carbons (Fsp3) is 0.533. The summed E-state index contributed by atoms with van der Waals surface area (Å²) in [6, 6.07) is 6.27. The first kappa shape index (κ1) is 18.6. The van der Waals surface area contributed by atoms with E-state index in [2.05, 4.69) is 15.4 Å². The average Bonchev–Trinajstić information content (AvgIpc) is 2.46. The van der Waals surface area contributed by atoms with Gasteiger partial charge in [0.15, 0.2) is 0 Å². The second kappa shape index (κ2) is 8.29. The Morgan fingerprint density at radius 3 is 2.64 bits per heavy atom. The number of benzene rings is 1. The molecule has 0 radical (unpaired) electrons. The molecule has 0 saturated carbocycles. The monoisotopic (exact) mass is 334 g/mol. The van der Waals surface area contributed by atoms with Crippen LogP contribution in [0.25, 0.3) is 0 Å². The fourth-order valence-corrected chi connectivity index (χ4v) is 2.43. The Morgan fingerprint density at radius 1 is 1.41 bits per heavy atom. The number of carbonyl (C=O) groups excluding carboxylic acids is 1. The number of alkyl halides is 2. The predicted molar refractivity (Wildman–Crippen MR) is 82.4 cm³/mol. The molecule has 2 N–H and O–H groups in total. The van der Waals surface area contributed by atoms with E-state index in [9.17, 15) is 13.6 Å². The molecule has 1 saturated heterocycles. The molecule has 4 nitrogen and oxygen atoms in total. The van der Waals surface area contributed by atoms with Crippen molar-refractivity contribution in [2.24, 2.45) is 5.41 Å². The minimum absolute atomic E-state index is 0. The maximum Gasteiger partial charge on any atom is 0.387 e. The number of halogens is 3. The Labute approximate surface area is 135 Å². The first-order valence-corrected chi connectivity index (χ1v) is 7.02. The van der Waals surface area contributed by atoms with Crippen LogP contribution in [0, 0.1) is 5.41 Å². The average molecular weight is 335 g/mol. The first-order chi connectivity index (χ1) is 9.99. The van der Waals surface area contributed by atoms with Crippen molar-refractivity contribution < 1.29 is 18.3 Å². The van der Waals surface area contributed by atoms with E-state index < -0.39 is 6.61 Å². The van der Waals surface area contributed by atoms with E-state index in [1.54, 1.807) is 12.1 Å². The topological polar surface area (TPSA) is 50.4 Å². The lowest BCUT2D eigenvalue weighted by molar-refractivity contribution is -0.131. The molecule has 0 bridgehead atoms. The number of hydrogen-bond acceptors (Lipinski definition) is 3. The van der Waals surface area contributed by atoms with Crippen molar-refractivity contribution in [1.29, 1.82) is 0 Å². The molecular weight excluding hydrogens is 314 g/mol. The zero-order valence-corrected chi connectivity index (χ0v) is 13.2. The van der Waals surface area contributed by atoms with Crippen molar-refractivity contribution in [1.82, 2.24) is 10.6 Å². The largest absolute Gasteiger partial charge is 0.435 e. The first-order valence-electron chi connectivity index (χ1n) is 7.02. The van der Waals surface area contributed by atoms with Crippen LogP contribution in [0.3, 0.4) is 0 Å². The SMILES string of the molecule is CC1(C(=O)NCc2ccc(OC(F)F)cc2)CCCNC1.Cl. The molecule has 1 unspecified atom stereocenters. The van der Waals surface area contributed by atoms with Gasteiger partial charge in [-0.1, -0.05) is 12.1 Å². The Balaban J connectivity index is 0.00000242. The van der Waals surface area contributed by atoms with E-state index in [1.165, 1.54) is 12.1 Å². The minimum atomic E-state index is -2.82. The van der Waals surface area contributed by atoms with Crippen LogP contribution in [0.1, 0.15) is 25.3 Å². The summed E-state index contributed by atoms with van der Waals surface area (Å²) in [5.74, 6) is 0.131. The van der Waals surface area contributed by atoms with Crippen LogP contribution in [0.15, 0.2) is 24.3 Å². The summed E-state index contributed by atoms with van der Waals surface area (Å²) in [7, 11) is 0. The van der Waals surface area contributed by atoms with Gasteiger partial charge in [-0.25, -0.2) is 0 Å². The van der Waals surface area contributed by atoms with Crippen LogP contribution in [0.4, 0.5) is 8.78 Å². The molecule has 1 fully saturated rings. The van der Waals surface area contributed by atoms with E-state index >= 15 is 0 Å². The summed E-state index contributed by atoms with van der Waals surface area (Å²) >= 11 is 0. The standard InChI is InChI=1S/C15H20F2N2O2.ClH/c1-15(7-2-8-18-10-15)13(20)19-9-11-3-5-12(6-4-11)21-14(16)17;/h3-6,14,18H,2,7-10H2,1H3,(H,19,20);1H. The van der Waals surface area contributed by atoms with E-state index in [4.69, 9.17) is 0 Å². The summed E-state index contributed by atoms with van der Waals surface area (Å²) in [5, 5.41) is 6.13. The van der Waals surface area contributed by atoms with Gasteiger partial charge in [-0.3, -0.25) is 4.79 Å². The Bertz CT molecular complexity index is 477. The highest BCUT2D eigenvalue weighted by atomic mass is 35.5. The number of rotatable bonds is 5. The van der Waals surface area contributed by atoms with Gasteiger partial charge in [0.1, 0.15) is 5.75 Å². The van der Waals surface area contributed by atoms with Gasteiger partial charge < -0.3 is 15.4 Å². The molecular formula is C15H21ClF2N2O2. The molecule has 1 aromatic rings. The highest BCUT2D eigenvalue weighted by Crippen LogP contribution is 2.25. The van der Waals surface area contributed by atoms with E-state index in [0.29, 0.717) is 13.1 Å². The molecule has 1 atom stereocenters. The second-order valence-electron chi connectivity index (χ2n) is 5.55. The van der Waals surface area contributed by atoms with Gasteiger partial charge in [0.25, 0.3) is 0 Å². The van der Waals surface area contributed by atoms with Crippen LogP contribution in [0.5, 0.6) is 5.75 Å². The highest BCUT2D eigenvalue weighted by molar-refractivity contribution is 5.85. The van der Waals surface area contributed by atoms with E-state index in [-0.39, 0.29) is 29.5 Å². The normalized spacial score (nSPS) is 21.1. The molecule has 1 heterocycles. The maximum absolute atomic E-state index is 12.2. The number of amides is 1. The summed E-state index contributed by atoms with van der Waals surface area (Å²) in [6.07, 6.45) is 1.86. The number of ether oxygens (including phenoxy) is 1. The molecule has 1 aliphatic heterocycles. The molecule has 0 aromatic heterocycles. The van der Waals surface area contributed by atoms with Gasteiger partial charge in [0.05, 0.1) is 5.41 Å². The van der Waals surface area contributed by atoms with Crippen LogP contribution in [-0.2, 0) is 11.3 Å². The highest BCUT2D eigenvalue weighted by Gasteiger charge is 2.34. The lowest BCUT2D eigenvalue weighted by Crippen LogP contribution is -2.48. The molecule has 22 heavy (non-hydrogen) atoms. The molecule has 1 aromatic carbocycles. The summed E-state index contributed by atoms with van der Waals surface area (Å²) in [6.45, 7) is 1.14. The summed E-state index contributed by atoms with van der Waals surface area (Å²) in [5.41, 5.74) is 0.467. The van der Waals surface area contributed by atoms with Crippen LogP contribution in [-0.4, -0.2) is 25.6 Å². The van der Waals surface area contributed by atoms with Gasteiger partial charge >= 0.3 is 6.61 Å². The van der Waals surface area contributed by atoms with Gasteiger partial charge in [0, 0.05) is 13.1 Å². The third-order valence-electron chi connectivity index (χ3n) is 3.75. The van der Waals surface area contributed by atoms with Gasteiger partial charge in [-0.15, -0.1) is 12.4 Å². The summed E-state index contributed by atoms with van der Waals surface area (Å²) < 4.78 is 28.4. The van der Waals surface area contributed by atoms with Gasteiger partial charge in [0.2, 0.25) is 5.91 Å². The Kier molecular flexibility index (Phi) is 7.03. The molecule has 1 aliphatic rings. The minimum Gasteiger partial charge on any atom is -0.435 e. The number of piperidine rings is 1. The Hall–Kier alpha value is -1.40. The zero-order valence-electron chi connectivity index (χ0n) is 12.4.